The van der Waals surface area contributed by atoms with Crippen LogP contribution in [0.25, 0.3) is 0 Å². The van der Waals surface area contributed by atoms with E-state index in [0.717, 1.165) is 11.3 Å². The minimum atomic E-state index is -0.0557. The van der Waals surface area contributed by atoms with Gasteiger partial charge < -0.3 is 19.9 Å². The zero-order valence-electron chi connectivity index (χ0n) is 9.39. The molecule has 1 unspecified atom stereocenters. The molecule has 0 aromatic heterocycles. The van der Waals surface area contributed by atoms with Gasteiger partial charge >= 0.3 is 0 Å². The summed E-state index contributed by atoms with van der Waals surface area (Å²) < 4.78 is 16.0. The van der Waals surface area contributed by atoms with Crippen LogP contribution in [0.15, 0.2) is 24.3 Å². The van der Waals surface area contributed by atoms with Crippen molar-refractivity contribution in [3.8, 4) is 5.75 Å². The molecule has 1 aromatic rings. The highest BCUT2D eigenvalue weighted by Crippen LogP contribution is 2.23. The van der Waals surface area contributed by atoms with Crippen molar-refractivity contribution in [3.63, 3.8) is 0 Å². The Morgan fingerprint density at radius 2 is 2.06 bits per heavy atom. The van der Waals surface area contributed by atoms with E-state index in [2.05, 4.69) is 0 Å². The zero-order chi connectivity index (χ0) is 11.4. The molecule has 2 rings (SSSR count). The molecule has 1 aliphatic heterocycles. The molecule has 0 spiro atoms. The molecular formula is C12H17NO3. The number of hydrogen-bond acceptors (Lipinski definition) is 4. The van der Waals surface area contributed by atoms with E-state index < -0.39 is 0 Å². The fraction of sp³-hybridized carbons (Fsp3) is 0.500. The van der Waals surface area contributed by atoms with Crippen molar-refractivity contribution >= 4 is 0 Å². The first kappa shape index (κ1) is 11.4. The number of benzene rings is 1. The van der Waals surface area contributed by atoms with E-state index in [9.17, 15) is 0 Å². The van der Waals surface area contributed by atoms with Crippen LogP contribution in [-0.4, -0.2) is 33.0 Å². The molecule has 16 heavy (non-hydrogen) atoms. The van der Waals surface area contributed by atoms with Gasteiger partial charge in [0.15, 0.2) is 0 Å². The minimum absolute atomic E-state index is 0.0557. The highest BCUT2D eigenvalue weighted by atomic mass is 16.6. The molecule has 88 valence electrons. The molecule has 1 atom stereocenters. The lowest BCUT2D eigenvalue weighted by Crippen LogP contribution is -2.38. The highest BCUT2D eigenvalue weighted by Gasteiger charge is 2.23. The normalized spacial score (nSPS) is 17.9. The molecule has 1 heterocycles. The van der Waals surface area contributed by atoms with Gasteiger partial charge in [-0.2, -0.15) is 0 Å². The molecule has 4 heteroatoms. The van der Waals surface area contributed by atoms with Gasteiger partial charge in [-0.3, -0.25) is 0 Å². The molecule has 0 aliphatic carbocycles. The predicted octanol–water partition coefficient (Wildman–Crippen LogP) is 1.11. The van der Waals surface area contributed by atoms with E-state index in [-0.39, 0.29) is 12.2 Å². The Kier molecular flexibility index (Phi) is 3.77. The van der Waals surface area contributed by atoms with E-state index >= 15 is 0 Å². The Labute approximate surface area is 95.3 Å². The lowest BCUT2D eigenvalue weighted by molar-refractivity contribution is -0.153. The minimum Gasteiger partial charge on any atom is -0.497 e. The fourth-order valence-corrected chi connectivity index (χ4v) is 1.61. The lowest BCUT2D eigenvalue weighted by Gasteiger charge is -2.30. The Balaban J connectivity index is 2.00. The second-order valence-corrected chi connectivity index (χ2v) is 3.79. The Morgan fingerprint density at radius 1 is 1.38 bits per heavy atom. The SMILES string of the molecule is COc1ccc(C(CN)OC2COC2)cc1. The predicted molar refractivity (Wildman–Crippen MR) is 60.5 cm³/mol. The van der Waals surface area contributed by atoms with Crippen LogP contribution in [0.2, 0.25) is 0 Å². The monoisotopic (exact) mass is 223 g/mol. The third-order valence-corrected chi connectivity index (χ3v) is 2.67. The summed E-state index contributed by atoms with van der Waals surface area (Å²) in [5, 5.41) is 0. The zero-order valence-corrected chi connectivity index (χ0v) is 9.39. The Morgan fingerprint density at radius 3 is 2.50 bits per heavy atom. The van der Waals surface area contributed by atoms with Crippen LogP contribution in [0.4, 0.5) is 0 Å². The van der Waals surface area contributed by atoms with Crippen molar-refractivity contribution in [3.05, 3.63) is 29.8 Å². The van der Waals surface area contributed by atoms with Crippen LogP contribution in [0.1, 0.15) is 11.7 Å². The van der Waals surface area contributed by atoms with Crippen LogP contribution in [-0.2, 0) is 9.47 Å². The molecule has 1 saturated heterocycles. The molecule has 4 nitrogen and oxygen atoms in total. The quantitative estimate of drug-likeness (QED) is 0.812. The summed E-state index contributed by atoms with van der Waals surface area (Å²) in [4.78, 5) is 0. The number of ether oxygens (including phenoxy) is 3. The lowest BCUT2D eigenvalue weighted by atomic mass is 10.1. The van der Waals surface area contributed by atoms with Gasteiger partial charge in [0.1, 0.15) is 11.9 Å². The van der Waals surface area contributed by atoms with E-state index in [0.29, 0.717) is 19.8 Å². The maximum atomic E-state index is 5.80. The maximum Gasteiger partial charge on any atom is 0.118 e. The average molecular weight is 223 g/mol. The van der Waals surface area contributed by atoms with E-state index in [1.165, 1.54) is 0 Å². The molecule has 1 aromatic carbocycles. The largest absolute Gasteiger partial charge is 0.497 e. The van der Waals surface area contributed by atoms with Crippen LogP contribution < -0.4 is 10.5 Å². The number of nitrogens with two attached hydrogens (primary N) is 1. The second kappa shape index (κ2) is 5.30. The molecule has 1 aliphatic rings. The molecule has 0 saturated carbocycles. The van der Waals surface area contributed by atoms with Gasteiger partial charge in [0.25, 0.3) is 0 Å². The summed E-state index contributed by atoms with van der Waals surface area (Å²) in [7, 11) is 1.65. The summed E-state index contributed by atoms with van der Waals surface area (Å²) in [6, 6.07) is 7.79. The van der Waals surface area contributed by atoms with Crippen molar-refractivity contribution < 1.29 is 14.2 Å². The Hall–Kier alpha value is -1.10. The van der Waals surface area contributed by atoms with Crippen molar-refractivity contribution in [2.45, 2.75) is 12.2 Å². The van der Waals surface area contributed by atoms with Crippen molar-refractivity contribution in [2.75, 3.05) is 26.9 Å². The van der Waals surface area contributed by atoms with Crippen LogP contribution in [0, 0.1) is 0 Å². The molecular weight excluding hydrogens is 206 g/mol. The first-order chi connectivity index (χ1) is 7.83. The average Bonchev–Trinajstić information content (AvgIpc) is 2.28. The highest BCUT2D eigenvalue weighted by molar-refractivity contribution is 5.28. The number of methoxy groups -OCH3 is 1. The van der Waals surface area contributed by atoms with E-state index in [1.54, 1.807) is 7.11 Å². The van der Waals surface area contributed by atoms with Crippen molar-refractivity contribution in [1.29, 1.82) is 0 Å². The fourth-order valence-electron chi connectivity index (χ4n) is 1.61. The van der Waals surface area contributed by atoms with Crippen molar-refractivity contribution in [1.82, 2.24) is 0 Å². The van der Waals surface area contributed by atoms with Gasteiger partial charge in [0.2, 0.25) is 0 Å². The third kappa shape index (κ3) is 2.52. The van der Waals surface area contributed by atoms with E-state index in [4.69, 9.17) is 19.9 Å². The van der Waals surface area contributed by atoms with Crippen LogP contribution in [0.3, 0.4) is 0 Å². The second-order valence-electron chi connectivity index (χ2n) is 3.79. The van der Waals surface area contributed by atoms with Gasteiger partial charge in [-0.15, -0.1) is 0 Å². The summed E-state index contributed by atoms with van der Waals surface area (Å²) in [5.74, 6) is 0.839. The summed E-state index contributed by atoms with van der Waals surface area (Å²) >= 11 is 0. The molecule has 0 amide bonds. The van der Waals surface area contributed by atoms with Crippen LogP contribution >= 0.6 is 0 Å². The number of hydrogen-bond donors (Lipinski definition) is 1. The van der Waals surface area contributed by atoms with Gasteiger partial charge in [-0.25, -0.2) is 0 Å². The third-order valence-electron chi connectivity index (χ3n) is 2.67. The number of rotatable bonds is 5. The summed E-state index contributed by atoms with van der Waals surface area (Å²) in [6.45, 7) is 1.82. The smallest absolute Gasteiger partial charge is 0.118 e. The molecule has 0 bridgehead atoms. The van der Waals surface area contributed by atoms with E-state index in [1.807, 2.05) is 24.3 Å². The molecule has 1 fully saturated rings. The van der Waals surface area contributed by atoms with Gasteiger partial charge in [-0.1, -0.05) is 12.1 Å². The summed E-state index contributed by atoms with van der Waals surface area (Å²) in [5.41, 5.74) is 6.78. The van der Waals surface area contributed by atoms with Crippen LogP contribution in [0.5, 0.6) is 5.75 Å². The molecule has 2 N–H and O–H groups in total. The first-order valence-electron chi connectivity index (χ1n) is 5.40. The topological polar surface area (TPSA) is 53.7 Å². The summed E-state index contributed by atoms with van der Waals surface area (Å²) in [6.07, 6.45) is 0.135. The van der Waals surface area contributed by atoms with Gasteiger partial charge in [0.05, 0.1) is 26.4 Å². The maximum absolute atomic E-state index is 5.80. The first-order valence-corrected chi connectivity index (χ1v) is 5.40. The van der Waals surface area contributed by atoms with Gasteiger partial charge in [-0.05, 0) is 17.7 Å². The van der Waals surface area contributed by atoms with Crippen molar-refractivity contribution in [2.24, 2.45) is 5.73 Å². The van der Waals surface area contributed by atoms with Gasteiger partial charge in [0, 0.05) is 6.54 Å². The Bertz CT molecular complexity index is 322. The standard InChI is InChI=1S/C12H17NO3/c1-14-10-4-2-9(3-5-10)12(6-13)16-11-7-15-8-11/h2-5,11-12H,6-8,13H2,1H3. The molecule has 0 radical (unpaired) electrons.